The second kappa shape index (κ2) is 11.5. The Kier molecular flexibility index (Phi) is 8.22. The van der Waals surface area contributed by atoms with E-state index in [1.165, 1.54) is 11.3 Å². The van der Waals surface area contributed by atoms with Crippen LogP contribution in [-0.4, -0.2) is 44.6 Å². The van der Waals surface area contributed by atoms with Crippen LogP contribution in [0.1, 0.15) is 42.6 Å². The first-order chi connectivity index (χ1) is 17.5. The molecule has 0 bridgehead atoms. The molecule has 0 unspecified atom stereocenters. The lowest BCUT2D eigenvalue weighted by Gasteiger charge is -2.19. The highest BCUT2D eigenvalue weighted by molar-refractivity contribution is 7.14. The average molecular weight is 527 g/mol. The molecule has 8 nitrogen and oxygen atoms in total. The molecular weight excluding hydrogens is 500 g/mol. The molecule has 2 N–H and O–H groups in total. The zero-order valence-corrected chi connectivity index (χ0v) is 21.9. The highest BCUT2D eigenvalue weighted by atomic mass is 35.5. The lowest BCUT2D eigenvalue weighted by molar-refractivity contribution is 0.395. The number of unbranched alkanes of at least 4 members (excludes halogenated alkanes) is 2. The zero-order valence-electron chi connectivity index (χ0n) is 20.3. The number of pyridine rings is 2. The van der Waals surface area contributed by atoms with Gasteiger partial charge in [-0.05, 0) is 37.1 Å². The predicted molar refractivity (Wildman–Crippen MR) is 140 cm³/mol. The third-order valence-corrected chi connectivity index (χ3v) is 6.89. The molecule has 0 aliphatic carbocycles. The van der Waals surface area contributed by atoms with Crippen molar-refractivity contribution in [2.75, 3.05) is 14.2 Å². The van der Waals surface area contributed by atoms with Crippen molar-refractivity contribution < 1.29 is 19.7 Å². The van der Waals surface area contributed by atoms with Crippen molar-refractivity contribution in [3.05, 3.63) is 57.9 Å². The number of aromatic hydroxyl groups is 2. The van der Waals surface area contributed by atoms with Gasteiger partial charge in [-0.1, -0.05) is 48.8 Å². The molecule has 188 valence electrons. The van der Waals surface area contributed by atoms with Crippen LogP contribution in [-0.2, 0) is 12.8 Å². The van der Waals surface area contributed by atoms with Crippen LogP contribution in [0.4, 0.5) is 0 Å². The van der Waals surface area contributed by atoms with E-state index in [1.807, 2.05) is 12.1 Å². The van der Waals surface area contributed by atoms with E-state index >= 15 is 0 Å². The molecular formula is C26H27ClN4O4S. The Bertz CT molecular complexity index is 1320. The first kappa shape index (κ1) is 25.7. The number of nitrogens with zero attached hydrogens (tertiary/aromatic N) is 4. The second-order valence-corrected chi connectivity index (χ2v) is 9.62. The molecule has 0 aliphatic rings. The van der Waals surface area contributed by atoms with Gasteiger partial charge in [-0.3, -0.25) is 4.98 Å². The van der Waals surface area contributed by atoms with Crippen molar-refractivity contribution in [1.82, 2.24) is 20.2 Å². The fourth-order valence-corrected chi connectivity index (χ4v) is 4.99. The summed E-state index contributed by atoms with van der Waals surface area (Å²) in [5, 5.41) is 32.5. The van der Waals surface area contributed by atoms with E-state index in [0.717, 1.165) is 25.0 Å². The van der Waals surface area contributed by atoms with Gasteiger partial charge in [0.15, 0.2) is 5.01 Å². The fraction of sp³-hybridized carbons (Fsp3) is 0.308. The third kappa shape index (κ3) is 5.37. The summed E-state index contributed by atoms with van der Waals surface area (Å²) in [5.74, 6) is 0.589. The summed E-state index contributed by atoms with van der Waals surface area (Å²) < 4.78 is 11.2. The zero-order chi connectivity index (χ0) is 25.7. The minimum atomic E-state index is -0.302. The van der Waals surface area contributed by atoms with Crippen LogP contribution in [0.2, 0.25) is 5.02 Å². The van der Waals surface area contributed by atoms with Gasteiger partial charge in [0.1, 0.15) is 27.8 Å². The Hall–Kier alpha value is -3.43. The van der Waals surface area contributed by atoms with Gasteiger partial charge in [0, 0.05) is 18.3 Å². The van der Waals surface area contributed by atoms with Crippen LogP contribution in [0.5, 0.6) is 23.1 Å². The molecule has 0 atom stereocenters. The largest absolute Gasteiger partial charge is 0.506 e. The van der Waals surface area contributed by atoms with Gasteiger partial charge in [-0.2, -0.15) is 0 Å². The summed E-state index contributed by atoms with van der Waals surface area (Å²) in [4.78, 5) is 8.81. The molecule has 0 aliphatic heterocycles. The van der Waals surface area contributed by atoms with Crippen molar-refractivity contribution in [3.63, 3.8) is 0 Å². The number of ether oxygens (including phenoxy) is 2. The standard InChI is InChI=1S/C26H27ClN4O4S/c1-4-5-6-8-17-21(22-18(34-2)9-7-10-19(22)35-3)24(32)23(25(33)29-17)26-31-30-20(36-26)13-16-12-11-15(27)14-28-16/h7,9-12,14H,4-6,8,13H2,1-3H3,(H2,29,32,33). The monoisotopic (exact) mass is 526 g/mol. The van der Waals surface area contributed by atoms with Crippen molar-refractivity contribution in [2.45, 2.75) is 39.0 Å². The summed E-state index contributed by atoms with van der Waals surface area (Å²) in [6.07, 6.45) is 5.45. The number of hydrogen-bond acceptors (Lipinski definition) is 9. The van der Waals surface area contributed by atoms with E-state index in [0.29, 0.717) is 56.2 Å². The molecule has 10 heteroatoms. The van der Waals surface area contributed by atoms with E-state index in [1.54, 1.807) is 38.6 Å². The van der Waals surface area contributed by atoms with E-state index < -0.39 is 0 Å². The van der Waals surface area contributed by atoms with Crippen LogP contribution in [0.3, 0.4) is 0 Å². The molecule has 4 rings (SSSR count). The summed E-state index contributed by atoms with van der Waals surface area (Å²) in [6.45, 7) is 2.11. The molecule has 3 heterocycles. The summed E-state index contributed by atoms with van der Waals surface area (Å²) in [6, 6.07) is 8.98. The minimum Gasteiger partial charge on any atom is -0.506 e. The van der Waals surface area contributed by atoms with Gasteiger partial charge < -0.3 is 19.7 Å². The lowest BCUT2D eigenvalue weighted by Crippen LogP contribution is -2.01. The molecule has 0 saturated carbocycles. The van der Waals surface area contributed by atoms with Crippen LogP contribution in [0.15, 0.2) is 36.5 Å². The number of aryl methyl sites for hydroxylation is 1. The van der Waals surface area contributed by atoms with E-state index in [9.17, 15) is 10.2 Å². The highest BCUT2D eigenvalue weighted by Crippen LogP contribution is 2.50. The van der Waals surface area contributed by atoms with Gasteiger partial charge in [-0.25, -0.2) is 4.98 Å². The molecule has 0 fully saturated rings. The normalized spacial score (nSPS) is 11.0. The SMILES string of the molecule is CCCCCc1nc(O)c(-c2nnc(Cc3ccc(Cl)cn3)s2)c(O)c1-c1c(OC)cccc1OC. The Morgan fingerprint density at radius 1 is 0.944 bits per heavy atom. The van der Waals surface area contributed by atoms with Crippen LogP contribution >= 0.6 is 22.9 Å². The molecule has 1 aromatic carbocycles. The number of rotatable bonds is 10. The summed E-state index contributed by atoms with van der Waals surface area (Å²) in [7, 11) is 3.12. The van der Waals surface area contributed by atoms with Gasteiger partial charge in [0.05, 0.1) is 36.1 Å². The smallest absolute Gasteiger partial charge is 0.225 e. The van der Waals surface area contributed by atoms with Crippen molar-refractivity contribution in [3.8, 4) is 44.8 Å². The topological polar surface area (TPSA) is 110 Å². The van der Waals surface area contributed by atoms with Gasteiger partial charge in [-0.15, -0.1) is 10.2 Å². The molecule has 36 heavy (non-hydrogen) atoms. The predicted octanol–water partition coefficient (Wildman–Crippen LogP) is 6.07. The van der Waals surface area contributed by atoms with E-state index in [-0.39, 0.29) is 17.2 Å². The molecule has 0 spiro atoms. The lowest BCUT2D eigenvalue weighted by atomic mass is 9.95. The van der Waals surface area contributed by atoms with Gasteiger partial charge in [0.2, 0.25) is 5.88 Å². The maximum absolute atomic E-state index is 11.6. The average Bonchev–Trinajstić information content (AvgIpc) is 3.33. The Balaban J connectivity index is 1.83. The Morgan fingerprint density at radius 3 is 2.33 bits per heavy atom. The first-order valence-electron chi connectivity index (χ1n) is 11.6. The van der Waals surface area contributed by atoms with E-state index in [2.05, 4.69) is 27.1 Å². The minimum absolute atomic E-state index is 0.116. The number of halogens is 1. The molecule has 0 amide bonds. The van der Waals surface area contributed by atoms with Gasteiger partial charge >= 0.3 is 0 Å². The Labute approximate surface area is 218 Å². The fourth-order valence-electron chi connectivity index (χ4n) is 3.98. The number of aromatic nitrogens is 4. The van der Waals surface area contributed by atoms with Crippen molar-refractivity contribution in [2.24, 2.45) is 0 Å². The second-order valence-electron chi connectivity index (χ2n) is 8.12. The van der Waals surface area contributed by atoms with Crippen molar-refractivity contribution >= 4 is 22.9 Å². The summed E-state index contributed by atoms with van der Waals surface area (Å²) in [5.41, 5.74) is 2.46. The third-order valence-electron chi connectivity index (χ3n) is 5.72. The molecule has 3 aromatic heterocycles. The van der Waals surface area contributed by atoms with Crippen molar-refractivity contribution in [1.29, 1.82) is 0 Å². The first-order valence-corrected chi connectivity index (χ1v) is 12.8. The van der Waals surface area contributed by atoms with Gasteiger partial charge in [0.25, 0.3) is 0 Å². The number of methoxy groups -OCH3 is 2. The quantitative estimate of drug-likeness (QED) is 0.240. The maximum atomic E-state index is 11.6. The number of benzene rings is 1. The maximum Gasteiger partial charge on any atom is 0.225 e. The van der Waals surface area contributed by atoms with E-state index in [4.69, 9.17) is 21.1 Å². The molecule has 0 radical (unpaired) electrons. The van der Waals surface area contributed by atoms with Crippen LogP contribution in [0.25, 0.3) is 21.7 Å². The Morgan fingerprint density at radius 2 is 1.69 bits per heavy atom. The highest BCUT2D eigenvalue weighted by Gasteiger charge is 2.28. The molecule has 0 saturated heterocycles. The summed E-state index contributed by atoms with van der Waals surface area (Å²) >= 11 is 7.17. The number of hydrogen-bond donors (Lipinski definition) is 2. The van der Waals surface area contributed by atoms with Crippen LogP contribution < -0.4 is 9.47 Å². The van der Waals surface area contributed by atoms with Crippen LogP contribution in [0, 0.1) is 0 Å². The molecule has 4 aromatic rings.